The van der Waals surface area contributed by atoms with Crippen LogP contribution < -0.4 is 0 Å². The van der Waals surface area contributed by atoms with Gasteiger partial charge < -0.3 is 9.64 Å². The fourth-order valence-corrected chi connectivity index (χ4v) is 3.36. The Kier molecular flexibility index (Phi) is 5.25. The second kappa shape index (κ2) is 6.72. The summed E-state index contributed by atoms with van der Waals surface area (Å²) in [6, 6.07) is 5.83. The highest BCUT2D eigenvalue weighted by atomic mass is 32.2. The Morgan fingerprint density at radius 2 is 1.79 bits per heavy atom. The summed E-state index contributed by atoms with van der Waals surface area (Å²) in [7, 11) is -4.22. The summed E-state index contributed by atoms with van der Waals surface area (Å²) in [6.07, 6.45) is 1.40. The molecule has 24 heavy (non-hydrogen) atoms. The molecule has 0 bridgehead atoms. The average Bonchev–Trinajstić information content (AvgIpc) is 2.44. The zero-order valence-corrected chi connectivity index (χ0v) is 15.3. The van der Waals surface area contributed by atoms with Crippen LogP contribution in [-0.2, 0) is 14.9 Å². The van der Waals surface area contributed by atoms with E-state index < -0.39 is 15.7 Å². The Bertz CT molecular complexity index is 691. The molecular formula is C17H25NO5S. The Hall–Kier alpha value is -1.60. The minimum Gasteiger partial charge on any atom is -0.444 e. The molecule has 0 aliphatic carbocycles. The van der Waals surface area contributed by atoms with Gasteiger partial charge in [0.1, 0.15) is 5.60 Å². The standard InChI is InChI=1S/C17H25NO5S/c1-12-5-10-15(18(11-12)16(19)23-17(2,3)4)13-6-8-14(9-7-13)24(20,21)22/h6-9,12,15H,5,10-11H2,1-4H3,(H,20,21,22). The second-order valence-corrected chi connectivity index (χ2v) is 8.80. The second-order valence-electron chi connectivity index (χ2n) is 7.38. The van der Waals surface area contributed by atoms with E-state index in [1.165, 1.54) is 12.1 Å². The number of carbonyl (C=O) groups is 1. The summed E-state index contributed by atoms with van der Waals surface area (Å²) in [5.74, 6) is 0.380. The number of carbonyl (C=O) groups excluding carboxylic acids is 1. The molecule has 2 unspecified atom stereocenters. The zero-order valence-electron chi connectivity index (χ0n) is 14.5. The van der Waals surface area contributed by atoms with Crippen molar-refractivity contribution in [3.63, 3.8) is 0 Å². The molecule has 2 rings (SSSR count). The molecular weight excluding hydrogens is 330 g/mol. The lowest BCUT2D eigenvalue weighted by molar-refractivity contribution is 0.00362. The Morgan fingerprint density at radius 1 is 1.21 bits per heavy atom. The van der Waals surface area contributed by atoms with Crippen molar-refractivity contribution < 1.29 is 22.5 Å². The lowest BCUT2D eigenvalue weighted by Gasteiger charge is -2.39. The van der Waals surface area contributed by atoms with E-state index in [-0.39, 0.29) is 17.0 Å². The first-order valence-electron chi connectivity index (χ1n) is 8.04. The number of likely N-dealkylation sites (tertiary alicyclic amines) is 1. The van der Waals surface area contributed by atoms with Gasteiger partial charge in [-0.05, 0) is 57.2 Å². The molecule has 6 nitrogen and oxygen atoms in total. The van der Waals surface area contributed by atoms with E-state index in [2.05, 4.69) is 6.92 Å². The summed E-state index contributed by atoms with van der Waals surface area (Å²) in [4.78, 5) is 14.1. The fraction of sp³-hybridized carbons (Fsp3) is 0.588. The van der Waals surface area contributed by atoms with Crippen molar-refractivity contribution >= 4 is 16.2 Å². The quantitative estimate of drug-likeness (QED) is 0.819. The predicted molar refractivity (Wildman–Crippen MR) is 90.3 cm³/mol. The highest BCUT2D eigenvalue weighted by Gasteiger charge is 2.33. The number of piperidine rings is 1. The van der Waals surface area contributed by atoms with Crippen LogP contribution >= 0.6 is 0 Å². The van der Waals surface area contributed by atoms with Gasteiger partial charge in [0.25, 0.3) is 10.1 Å². The van der Waals surface area contributed by atoms with E-state index in [0.717, 1.165) is 18.4 Å². The smallest absolute Gasteiger partial charge is 0.410 e. The SMILES string of the molecule is CC1CCC(c2ccc(S(=O)(=O)O)cc2)N(C(=O)OC(C)(C)C)C1. The monoisotopic (exact) mass is 355 g/mol. The van der Waals surface area contributed by atoms with Gasteiger partial charge in [0, 0.05) is 6.54 Å². The van der Waals surface area contributed by atoms with Gasteiger partial charge in [0.05, 0.1) is 10.9 Å². The van der Waals surface area contributed by atoms with Crippen LogP contribution in [0.5, 0.6) is 0 Å². The third kappa shape index (κ3) is 4.70. The van der Waals surface area contributed by atoms with Crippen molar-refractivity contribution in [3.8, 4) is 0 Å². The van der Waals surface area contributed by atoms with Crippen molar-refractivity contribution in [2.24, 2.45) is 5.92 Å². The van der Waals surface area contributed by atoms with Gasteiger partial charge in [-0.25, -0.2) is 4.79 Å². The molecule has 0 radical (unpaired) electrons. The molecule has 0 spiro atoms. The van der Waals surface area contributed by atoms with E-state index in [1.807, 2.05) is 20.8 Å². The number of hydrogen-bond acceptors (Lipinski definition) is 4. The first-order chi connectivity index (χ1) is 11.0. The number of ether oxygens (including phenoxy) is 1. The van der Waals surface area contributed by atoms with E-state index in [4.69, 9.17) is 9.29 Å². The largest absolute Gasteiger partial charge is 0.444 e. The van der Waals surface area contributed by atoms with Crippen LogP contribution in [0.15, 0.2) is 29.2 Å². The number of nitrogens with zero attached hydrogens (tertiary/aromatic N) is 1. The summed E-state index contributed by atoms with van der Waals surface area (Å²) in [5, 5.41) is 0. The third-order valence-electron chi connectivity index (χ3n) is 4.01. The summed E-state index contributed by atoms with van der Waals surface area (Å²) in [6.45, 7) is 8.17. The fourth-order valence-electron chi connectivity index (χ4n) is 2.88. The molecule has 1 aliphatic heterocycles. The third-order valence-corrected chi connectivity index (χ3v) is 4.88. The van der Waals surface area contributed by atoms with Gasteiger partial charge in [0.15, 0.2) is 0 Å². The maximum atomic E-state index is 12.5. The first-order valence-corrected chi connectivity index (χ1v) is 9.48. The summed E-state index contributed by atoms with van der Waals surface area (Å²) in [5.41, 5.74) is 0.261. The molecule has 1 aromatic rings. The van der Waals surface area contributed by atoms with Crippen molar-refractivity contribution in [1.29, 1.82) is 0 Å². The molecule has 1 aromatic carbocycles. The molecule has 7 heteroatoms. The maximum Gasteiger partial charge on any atom is 0.410 e. The van der Waals surface area contributed by atoms with E-state index in [0.29, 0.717) is 12.5 Å². The van der Waals surface area contributed by atoms with Crippen LogP contribution in [-0.4, -0.2) is 36.1 Å². The average molecular weight is 355 g/mol. The van der Waals surface area contributed by atoms with Gasteiger partial charge in [-0.15, -0.1) is 0 Å². The minimum absolute atomic E-state index is 0.153. The molecule has 0 saturated carbocycles. The minimum atomic E-state index is -4.22. The molecule has 1 fully saturated rings. The predicted octanol–water partition coefficient (Wildman–Crippen LogP) is 3.64. The number of amides is 1. The normalized spacial score (nSPS) is 22.3. The molecule has 1 heterocycles. The van der Waals surface area contributed by atoms with Crippen LogP contribution in [0.3, 0.4) is 0 Å². The number of hydrogen-bond donors (Lipinski definition) is 1. The first kappa shape index (κ1) is 18.7. The van der Waals surface area contributed by atoms with Gasteiger partial charge in [-0.2, -0.15) is 8.42 Å². The van der Waals surface area contributed by atoms with Gasteiger partial charge in [-0.3, -0.25) is 4.55 Å². The van der Waals surface area contributed by atoms with Crippen molar-refractivity contribution in [3.05, 3.63) is 29.8 Å². The van der Waals surface area contributed by atoms with Crippen molar-refractivity contribution in [2.45, 2.75) is 57.1 Å². The van der Waals surface area contributed by atoms with Gasteiger partial charge in [-0.1, -0.05) is 19.1 Å². The van der Waals surface area contributed by atoms with Gasteiger partial charge >= 0.3 is 6.09 Å². The summed E-state index contributed by atoms with van der Waals surface area (Å²) < 4.78 is 36.9. The molecule has 134 valence electrons. The van der Waals surface area contributed by atoms with Crippen LogP contribution in [0.1, 0.15) is 52.1 Å². The van der Waals surface area contributed by atoms with E-state index >= 15 is 0 Å². The van der Waals surface area contributed by atoms with Crippen LogP contribution in [0.4, 0.5) is 4.79 Å². The van der Waals surface area contributed by atoms with Crippen LogP contribution in [0.25, 0.3) is 0 Å². The molecule has 1 aliphatic rings. The zero-order chi connectivity index (χ0) is 18.1. The Morgan fingerprint density at radius 3 is 2.29 bits per heavy atom. The maximum absolute atomic E-state index is 12.5. The van der Waals surface area contributed by atoms with Crippen LogP contribution in [0, 0.1) is 5.92 Å². The van der Waals surface area contributed by atoms with Crippen LogP contribution in [0.2, 0.25) is 0 Å². The number of rotatable bonds is 2. The van der Waals surface area contributed by atoms with Crippen molar-refractivity contribution in [2.75, 3.05) is 6.54 Å². The lowest BCUT2D eigenvalue weighted by Crippen LogP contribution is -2.44. The molecule has 1 saturated heterocycles. The molecule has 1 N–H and O–H groups in total. The topological polar surface area (TPSA) is 83.9 Å². The molecule has 2 atom stereocenters. The molecule has 1 amide bonds. The van der Waals surface area contributed by atoms with E-state index in [9.17, 15) is 13.2 Å². The molecule has 0 aromatic heterocycles. The lowest BCUT2D eigenvalue weighted by atomic mass is 9.90. The van der Waals surface area contributed by atoms with Gasteiger partial charge in [0.2, 0.25) is 0 Å². The number of benzene rings is 1. The highest BCUT2D eigenvalue weighted by molar-refractivity contribution is 7.85. The highest BCUT2D eigenvalue weighted by Crippen LogP contribution is 2.34. The van der Waals surface area contributed by atoms with Crippen molar-refractivity contribution in [1.82, 2.24) is 4.90 Å². The Balaban J connectivity index is 2.26. The van der Waals surface area contributed by atoms with E-state index in [1.54, 1.807) is 17.0 Å². The Labute approximate surface area is 143 Å². The summed E-state index contributed by atoms with van der Waals surface area (Å²) >= 11 is 0.